The number of hydrogen-bond acceptors (Lipinski definition) is 7. The lowest BCUT2D eigenvalue weighted by atomic mass is 10.2. The number of carbonyl (C=O) groups is 1. The van der Waals surface area contributed by atoms with Crippen molar-refractivity contribution in [2.24, 2.45) is 0 Å². The van der Waals surface area contributed by atoms with Gasteiger partial charge in [-0.25, -0.2) is 9.97 Å². The monoisotopic (exact) mass is 418 g/mol. The number of thiophene rings is 1. The molecule has 148 valence electrons. The second kappa shape index (κ2) is 8.59. The van der Waals surface area contributed by atoms with E-state index >= 15 is 0 Å². The Bertz CT molecular complexity index is 1060. The Balaban J connectivity index is 1.73. The molecule has 1 aliphatic rings. The first-order valence-electron chi connectivity index (χ1n) is 9.46. The Hall–Kier alpha value is -1.97. The van der Waals surface area contributed by atoms with Crippen molar-refractivity contribution in [2.75, 3.05) is 18.9 Å². The standard InChI is InChI=1S/C19H22N4O3S2/c1-2-7-20-14(24)11-27-19-22-15-13-6-3-8-21-17(13)28-16(15)18(25)23(19)10-12-5-4-9-26-12/h3,6,8,12H,2,4-5,7,9-11H2,1H3,(H,20,24). The number of pyridine rings is 1. The van der Waals surface area contributed by atoms with Crippen LogP contribution in [0.2, 0.25) is 0 Å². The number of fused-ring (bicyclic) bond motifs is 3. The van der Waals surface area contributed by atoms with Gasteiger partial charge in [0.2, 0.25) is 5.91 Å². The maximum absolute atomic E-state index is 13.3. The minimum Gasteiger partial charge on any atom is -0.376 e. The molecule has 7 nitrogen and oxygen atoms in total. The topological polar surface area (TPSA) is 86.1 Å². The summed E-state index contributed by atoms with van der Waals surface area (Å²) in [5.41, 5.74) is 0.582. The van der Waals surface area contributed by atoms with E-state index in [1.165, 1.54) is 23.1 Å². The molecule has 3 aromatic rings. The molecule has 1 amide bonds. The molecular formula is C19H22N4O3S2. The minimum absolute atomic E-state index is 0.0118. The highest BCUT2D eigenvalue weighted by Crippen LogP contribution is 2.30. The number of carbonyl (C=O) groups excluding carboxylic acids is 1. The van der Waals surface area contributed by atoms with Crippen LogP contribution >= 0.6 is 23.1 Å². The predicted octanol–water partition coefficient (Wildman–Crippen LogP) is 2.80. The van der Waals surface area contributed by atoms with E-state index in [1.54, 1.807) is 10.8 Å². The lowest BCUT2D eigenvalue weighted by Gasteiger charge is -2.15. The van der Waals surface area contributed by atoms with Crippen molar-refractivity contribution < 1.29 is 9.53 Å². The third-order valence-electron chi connectivity index (χ3n) is 4.63. The first kappa shape index (κ1) is 19.4. The van der Waals surface area contributed by atoms with Crippen LogP contribution in [0.1, 0.15) is 26.2 Å². The molecule has 1 aliphatic heterocycles. The second-order valence-electron chi connectivity index (χ2n) is 6.72. The van der Waals surface area contributed by atoms with Gasteiger partial charge in [-0.1, -0.05) is 18.7 Å². The van der Waals surface area contributed by atoms with Gasteiger partial charge in [-0.2, -0.15) is 0 Å². The molecule has 1 unspecified atom stereocenters. The van der Waals surface area contributed by atoms with Crippen molar-refractivity contribution in [3.63, 3.8) is 0 Å². The molecule has 1 fully saturated rings. The summed E-state index contributed by atoms with van der Waals surface area (Å²) in [5, 5.41) is 4.30. The van der Waals surface area contributed by atoms with Crippen LogP contribution in [-0.2, 0) is 16.1 Å². The SMILES string of the molecule is CCCNC(=O)CSc1nc2c(sc3ncccc32)c(=O)n1CC1CCCO1. The summed E-state index contributed by atoms with van der Waals surface area (Å²) < 4.78 is 8.01. The van der Waals surface area contributed by atoms with Gasteiger partial charge in [0.15, 0.2) is 5.16 Å². The van der Waals surface area contributed by atoms with Crippen molar-refractivity contribution in [1.29, 1.82) is 0 Å². The fourth-order valence-electron chi connectivity index (χ4n) is 3.25. The Morgan fingerprint density at radius 3 is 3.18 bits per heavy atom. The maximum Gasteiger partial charge on any atom is 0.272 e. The normalized spacial score (nSPS) is 16.8. The highest BCUT2D eigenvalue weighted by Gasteiger charge is 2.22. The van der Waals surface area contributed by atoms with E-state index in [1.807, 2.05) is 19.1 Å². The van der Waals surface area contributed by atoms with Crippen LogP contribution in [0.25, 0.3) is 20.4 Å². The Kier molecular flexibility index (Phi) is 5.93. The highest BCUT2D eigenvalue weighted by atomic mass is 32.2. The van der Waals surface area contributed by atoms with E-state index in [9.17, 15) is 9.59 Å². The van der Waals surface area contributed by atoms with Gasteiger partial charge in [-0.05, 0) is 31.4 Å². The van der Waals surface area contributed by atoms with Crippen LogP contribution in [0, 0.1) is 0 Å². The molecule has 4 heterocycles. The Morgan fingerprint density at radius 1 is 1.50 bits per heavy atom. The minimum atomic E-state index is -0.0834. The molecule has 1 atom stereocenters. The molecule has 28 heavy (non-hydrogen) atoms. The predicted molar refractivity (Wildman–Crippen MR) is 112 cm³/mol. The van der Waals surface area contributed by atoms with E-state index < -0.39 is 0 Å². The third kappa shape index (κ3) is 3.92. The molecule has 0 saturated carbocycles. The molecular weight excluding hydrogens is 396 g/mol. The Labute approximate surface area is 170 Å². The van der Waals surface area contributed by atoms with Crippen molar-refractivity contribution in [1.82, 2.24) is 19.9 Å². The summed E-state index contributed by atoms with van der Waals surface area (Å²) in [6, 6.07) is 3.78. The number of rotatable bonds is 7. The molecule has 1 N–H and O–H groups in total. The van der Waals surface area contributed by atoms with Crippen LogP contribution in [-0.4, -0.2) is 45.5 Å². The number of amides is 1. The number of nitrogens with one attached hydrogen (secondary N) is 1. The van der Waals surface area contributed by atoms with Crippen molar-refractivity contribution in [3.8, 4) is 0 Å². The van der Waals surface area contributed by atoms with Gasteiger partial charge in [-0.3, -0.25) is 14.2 Å². The zero-order valence-corrected chi connectivity index (χ0v) is 17.3. The highest BCUT2D eigenvalue weighted by molar-refractivity contribution is 7.99. The fourth-order valence-corrected chi connectivity index (χ4v) is 5.11. The first-order chi connectivity index (χ1) is 13.7. The van der Waals surface area contributed by atoms with Crippen molar-refractivity contribution in [2.45, 2.75) is 44.0 Å². The zero-order valence-electron chi connectivity index (χ0n) is 15.6. The average Bonchev–Trinajstić information content (AvgIpc) is 3.35. The summed E-state index contributed by atoms with van der Waals surface area (Å²) in [4.78, 5) is 35.3. The van der Waals surface area contributed by atoms with E-state index in [2.05, 4.69) is 10.3 Å². The van der Waals surface area contributed by atoms with Gasteiger partial charge in [0.25, 0.3) is 5.56 Å². The molecule has 0 spiro atoms. The van der Waals surface area contributed by atoms with Crippen molar-refractivity contribution >= 4 is 49.4 Å². The molecule has 1 saturated heterocycles. The number of hydrogen-bond donors (Lipinski definition) is 1. The van der Waals surface area contributed by atoms with Gasteiger partial charge in [0.05, 0.1) is 23.9 Å². The molecule has 0 radical (unpaired) electrons. The lowest BCUT2D eigenvalue weighted by Crippen LogP contribution is -2.29. The largest absolute Gasteiger partial charge is 0.376 e. The first-order valence-corrected chi connectivity index (χ1v) is 11.3. The number of ether oxygens (including phenoxy) is 1. The van der Waals surface area contributed by atoms with E-state index in [4.69, 9.17) is 9.72 Å². The van der Waals surface area contributed by atoms with E-state index in [0.717, 1.165) is 36.1 Å². The van der Waals surface area contributed by atoms with Gasteiger partial charge in [-0.15, -0.1) is 11.3 Å². The fraction of sp³-hybridized carbons (Fsp3) is 0.474. The second-order valence-corrected chi connectivity index (χ2v) is 8.66. The van der Waals surface area contributed by atoms with E-state index in [-0.39, 0.29) is 23.3 Å². The summed E-state index contributed by atoms with van der Waals surface area (Å²) >= 11 is 2.67. The average molecular weight is 419 g/mol. The summed E-state index contributed by atoms with van der Waals surface area (Å²) in [6.45, 7) is 3.85. The van der Waals surface area contributed by atoms with Crippen LogP contribution in [0.4, 0.5) is 0 Å². The van der Waals surface area contributed by atoms with Crippen LogP contribution in [0.15, 0.2) is 28.3 Å². The quantitative estimate of drug-likeness (QED) is 0.469. The summed E-state index contributed by atoms with van der Waals surface area (Å²) in [5.74, 6) is 0.172. The van der Waals surface area contributed by atoms with Crippen LogP contribution in [0.3, 0.4) is 0 Å². The van der Waals surface area contributed by atoms with E-state index in [0.29, 0.717) is 28.5 Å². The molecule has 4 rings (SSSR count). The molecule has 9 heteroatoms. The van der Waals surface area contributed by atoms with Gasteiger partial charge < -0.3 is 10.1 Å². The van der Waals surface area contributed by atoms with Gasteiger partial charge in [0.1, 0.15) is 9.53 Å². The summed E-state index contributed by atoms with van der Waals surface area (Å²) in [7, 11) is 0. The van der Waals surface area contributed by atoms with Crippen LogP contribution in [0.5, 0.6) is 0 Å². The summed E-state index contributed by atoms with van der Waals surface area (Å²) in [6.07, 6.45) is 4.55. The Morgan fingerprint density at radius 2 is 2.39 bits per heavy atom. The molecule has 0 bridgehead atoms. The number of thioether (sulfide) groups is 1. The molecule has 3 aromatic heterocycles. The number of nitrogens with zero attached hydrogens (tertiary/aromatic N) is 3. The van der Waals surface area contributed by atoms with Crippen LogP contribution < -0.4 is 10.9 Å². The third-order valence-corrected chi connectivity index (χ3v) is 6.70. The zero-order chi connectivity index (χ0) is 19.5. The molecule has 0 aliphatic carbocycles. The maximum atomic E-state index is 13.3. The van der Waals surface area contributed by atoms with Gasteiger partial charge in [0, 0.05) is 24.7 Å². The number of aromatic nitrogens is 3. The lowest BCUT2D eigenvalue weighted by molar-refractivity contribution is -0.118. The van der Waals surface area contributed by atoms with Crippen molar-refractivity contribution in [3.05, 3.63) is 28.7 Å². The van der Waals surface area contributed by atoms with Gasteiger partial charge >= 0.3 is 0 Å². The smallest absolute Gasteiger partial charge is 0.272 e. The molecule has 0 aromatic carbocycles.